The standard InChI is InChI=1S/C16H26N2O/c17-15(11-13-7-3-1-4-8-13)16(19)12-18-14-9-5-2-6-10-14/h1,3-4,7-8,14-16,18-19H,2,5-6,9-12,17H2/t15-,16?/m0/s1. The van der Waals surface area contributed by atoms with E-state index in [1.807, 2.05) is 18.2 Å². The van der Waals surface area contributed by atoms with Gasteiger partial charge in [-0.1, -0.05) is 49.6 Å². The zero-order valence-corrected chi connectivity index (χ0v) is 11.6. The second-order valence-electron chi connectivity index (χ2n) is 5.66. The molecule has 19 heavy (non-hydrogen) atoms. The first-order valence-electron chi connectivity index (χ1n) is 7.46. The Morgan fingerprint density at radius 2 is 1.84 bits per heavy atom. The molecular formula is C16H26N2O. The molecule has 1 aromatic carbocycles. The molecule has 1 aromatic rings. The molecule has 0 heterocycles. The summed E-state index contributed by atoms with van der Waals surface area (Å²) in [5, 5.41) is 13.6. The number of aliphatic hydroxyl groups is 1. The molecule has 2 atom stereocenters. The molecule has 2 rings (SSSR count). The van der Waals surface area contributed by atoms with E-state index in [0.29, 0.717) is 12.6 Å². The molecule has 106 valence electrons. The Kier molecular flexibility index (Phi) is 5.83. The molecule has 1 saturated carbocycles. The van der Waals surface area contributed by atoms with Crippen molar-refractivity contribution in [3.05, 3.63) is 35.9 Å². The van der Waals surface area contributed by atoms with Crippen molar-refractivity contribution in [2.24, 2.45) is 5.73 Å². The molecule has 0 aliphatic heterocycles. The zero-order valence-electron chi connectivity index (χ0n) is 11.6. The average molecular weight is 262 g/mol. The van der Waals surface area contributed by atoms with Crippen molar-refractivity contribution in [1.29, 1.82) is 0 Å². The lowest BCUT2D eigenvalue weighted by Crippen LogP contribution is -2.46. The summed E-state index contributed by atoms with van der Waals surface area (Å²) in [4.78, 5) is 0. The number of hydrogen-bond acceptors (Lipinski definition) is 3. The summed E-state index contributed by atoms with van der Waals surface area (Å²) in [6.45, 7) is 0.610. The van der Waals surface area contributed by atoms with Crippen LogP contribution in [-0.4, -0.2) is 29.8 Å². The molecule has 3 nitrogen and oxygen atoms in total. The molecule has 1 unspecified atom stereocenters. The summed E-state index contributed by atoms with van der Waals surface area (Å²) in [5.41, 5.74) is 7.26. The largest absolute Gasteiger partial charge is 0.390 e. The van der Waals surface area contributed by atoms with Gasteiger partial charge in [-0.15, -0.1) is 0 Å². The van der Waals surface area contributed by atoms with Crippen LogP contribution < -0.4 is 11.1 Å². The van der Waals surface area contributed by atoms with Gasteiger partial charge < -0.3 is 16.2 Å². The van der Waals surface area contributed by atoms with E-state index in [4.69, 9.17) is 5.73 Å². The lowest BCUT2D eigenvalue weighted by Gasteiger charge is -2.26. The highest BCUT2D eigenvalue weighted by Gasteiger charge is 2.18. The highest BCUT2D eigenvalue weighted by atomic mass is 16.3. The summed E-state index contributed by atoms with van der Waals surface area (Å²) in [5.74, 6) is 0. The third-order valence-electron chi connectivity index (χ3n) is 4.03. The van der Waals surface area contributed by atoms with Crippen LogP contribution in [0.3, 0.4) is 0 Å². The van der Waals surface area contributed by atoms with Crippen LogP contribution in [-0.2, 0) is 6.42 Å². The van der Waals surface area contributed by atoms with Gasteiger partial charge in [-0.25, -0.2) is 0 Å². The molecule has 0 saturated heterocycles. The van der Waals surface area contributed by atoms with Gasteiger partial charge in [0.2, 0.25) is 0 Å². The Hall–Kier alpha value is -0.900. The maximum absolute atomic E-state index is 10.1. The summed E-state index contributed by atoms with van der Waals surface area (Å²) in [6.07, 6.45) is 6.71. The van der Waals surface area contributed by atoms with Gasteiger partial charge in [0.05, 0.1) is 6.10 Å². The van der Waals surface area contributed by atoms with Gasteiger partial charge in [-0.05, 0) is 24.8 Å². The van der Waals surface area contributed by atoms with Gasteiger partial charge in [0.15, 0.2) is 0 Å². The van der Waals surface area contributed by atoms with Crippen LogP contribution in [0.2, 0.25) is 0 Å². The second kappa shape index (κ2) is 7.63. The van der Waals surface area contributed by atoms with Crippen molar-refractivity contribution < 1.29 is 5.11 Å². The fraction of sp³-hybridized carbons (Fsp3) is 0.625. The number of hydrogen-bond donors (Lipinski definition) is 3. The van der Waals surface area contributed by atoms with E-state index < -0.39 is 6.10 Å². The summed E-state index contributed by atoms with van der Waals surface area (Å²) in [7, 11) is 0. The molecule has 0 radical (unpaired) electrons. The number of nitrogens with two attached hydrogens (primary N) is 1. The van der Waals surface area contributed by atoms with Crippen LogP contribution in [0.5, 0.6) is 0 Å². The minimum Gasteiger partial charge on any atom is -0.390 e. The quantitative estimate of drug-likeness (QED) is 0.733. The van der Waals surface area contributed by atoms with E-state index in [0.717, 1.165) is 6.42 Å². The van der Waals surface area contributed by atoms with Gasteiger partial charge in [0.25, 0.3) is 0 Å². The van der Waals surface area contributed by atoms with E-state index in [1.54, 1.807) is 0 Å². The number of aliphatic hydroxyl groups excluding tert-OH is 1. The van der Waals surface area contributed by atoms with Gasteiger partial charge in [0, 0.05) is 18.6 Å². The van der Waals surface area contributed by atoms with Crippen molar-refractivity contribution >= 4 is 0 Å². The first kappa shape index (κ1) is 14.5. The Morgan fingerprint density at radius 3 is 2.53 bits per heavy atom. The van der Waals surface area contributed by atoms with Gasteiger partial charge in [0.1, 0.15) is 0 Å². The Balaban J connectivity index is 1.71. The minimum absolute atomic E-state index is 0.196. The van der Waals surface area contributed by atoms with Crippen molar-refractivity contribution in [2.45, 2.75) is 56.7 Å². The summed E-state index contributed by atoms with van der Waals surface area (Å²) < 4.78 is 0. The second-order valence-corrected chi connectivity index (χ2v) is 5.66. The average Bonchev–Trinajstić information content (AvgIpc) is 2.47. The zero-order chi connectivity index (χ0) is 13.5. The Morgan fingerprint density at radius 1 is 1.16 bits per heavy atom. The molecule has 0 amide bonds. The fourth-order valence-corrected chi connectivity index (χ4v) is 2.77. The van der Waals surface area contributed by atoms with Crippen molar-refractivity contribution in [1.82, 2.24) is 5.32 Å². The number of rotatable bonds is 6. The van der Waals surface area contributed by atoms with E-state index in [9.17, 15) is 5.11 Å². The maximum atomic E-state index is 10.1. The van der Waals surface area contributed by atoms with Crippen LogP contribution >= 0.6 is 0 Å². The van der Waals surface area contributed by atoms with Gasteiger partial charge in [-0.2, -0.15) is 0 Å². The van der Waals surface area contributed by atoms with Gasteiger partial charge >= 0.3 is 0 Å². The first-order chi connectivity index (χ1) is 9.25. The van der Waals surface area contributed by atoms with Gasteiger partial charge in [-0.3, -0.25) is 0 Å². The van der Waals surface area contributed by atoms with Crippen LogP contribution in [0, 0.1) is 0 Å². The van der Waals surface area contributed by atoms with Crippen molar-refractivity contribution in [3.63, 3.8) is 0 Å². The molecular weight excluding hydrogens is 236 g/mol. The predicted molar refractivity (Wildman–Crippen MR) is 79.0 cm³/mol. The third kappa shape index (κ3) is 4.94. The smallest absolute Gasteiger partial charge is 0.0818 e. The normalized spacial score (nSPS) is 20.1. The number of nitrogens with one attached hydrogen (secondary N) is 1. The van der Waals surface area contributed by atoms with Crippen LogP contribution in [0.15, 0.2) is 30.3 Å². The maximum Gasteiger partial charge on any atom is 0.0818 e. The lowest BCUT2D eigenvalue weighted by atomic mass is 9.95. The molecule has 0 spiro atoms. The number of benzene rings is 1. The van der Waals surface area contributed by atoms with Crippen LogP contribution in [0.4, 0.5) is 0 Å². The minimum atomic E-state index is -0.470. The van der Waals surface area contributed by atoms with E-state index in [1.165, 1.54) is 37.7 Å². The topological polar surface area (TPSA) is 58.3 Å². The summed E-state index contributed by atoms with van der Waals surface area (Å²) in [6, 6.07) is 10.5. The molecule has 1 fully saturated rings. The molecule has 3 heteroatoms. The predicted octanol–water partition coefficient (Wildman–Crippen LogP) is 1.84. The highest BCUT2D eigenvalue weighted by Crippen LogP contribution is 2.17. The van der Waals surface area contributed by atoms with E-state index in [-0.39, 0.29) is 6.04 Å². The molecule has 1 aliphatic carbocycles. The van der Waals surface area contributed by atoms with E-state index in [2.05, 4.69) is 17.4 Å². The Labute approximate surface area is 116 Å². The van der Waals surface area contributed by atoms with Crippen LogP contribution in [0.1, 0.15) is 37.7 Å². The summed E-state index contributed by atoms with van der Waals surface area (Å²) >= 11 is 0. The van der Waals surface area contributed by atoms with Crippen LogP contribution in [0.25, 0.3) is 0 Å². The SMILES string of the molecule is N[C@@H](Cc1ccccc1)C(O)CNC1CCCCC1. The first-order valence-corrected chi connectivity index (χ1v) is 7.46. The molecule has 0 bridgehead atoms. The monoisotopic (exact) mass is 262 g/mol. The molecule has 4 N–H and O–H groups in total. The fourth-order valence-electron chi connectivity index (χ4n) is 2.77. The van der Waals surface area contributed by atoms with Crippen molar-refractivity contribution in [3.8, 4) is 0 Å². The van der Waals surface area contributed by atoms with Crippen molar-refractivity contribution in [2.75, 3.05) is 6.54 Å². The molecule has 0 aromatic heterocycles. The third-order valence-corrected chi connectivity index (χ3v) is 4.03. The molecule has 1 aliphatic rings. The lowest BCUT2D eigenvalue weighted by molar-refractivity contribution is 0.135. The Bertz CT molecular complexity index is 349. The van der Waals surface area contributed by atoms with E-state index >= 15 is 0 Å². The highest BCUT2D eigenvalue weighted by molar-refractivity contribution is 5.16.